The van der Waals surface area contributed by atoms with Gasteiger partial charge >= 0.3 is 0 Å². The molecule has 1 aliphatic carbocycles. The summed E-state index contributed by atoms with van der Waals surface area (Å²) in [7, 11) is -3.95. The van der Waals surface area contributed by atoms with Crippen molar-refractivity contribution in [3.8, 4) is 11.5 Å². The van der Waals surface area contributed by atoms with Crippen molar-refractivity contribution in [1.29, 1.82) is 0 Å². The van der Waals surface area contributed by atoms with E-state index in [-0.39, 0.29) is 36.4 Å². The van der Waals surface area contributed by atoms with E-state index in [0.717, 1.165) is 42.0 Å². The molecule has 1 atom stereocenters. The Kier molecular flexibility index (Phi) is 11.4. The quantitative estimate of drug-likeness (QED) is 0.250. The van der Waals surface area contributed by atoms with Gasteiger partial charge in [-0.3, -0.25) is 13.9 Å². The molecule has 1 N–H and O–H groups in total. The van der Waals surface area contributed by atoms with Crippen molar-refractivity contribution in [3.05, 3.63) is 87.9 Å². The summed E-state index contributed by atoms with van der Waals surface area (Å²) in [5, 5.41) is 3.86. The minimum atomic E-state index is -3.95. The molecule has 2 aliphatic rings. The number of carbonyl (C=O) groups is 2. The molecular weight excluding hydrogens is 649 g/mol. The minimum Gasteiger partial charge on any atom is -0.486 e. The third-order valence-electron chi connectivity index (χ3n) is 8.41. The van der Waals surface area contributed by atoms with Crippen LogP contribution in [-0.2, 0) is 32.6 Å². The van der Waals surface area contributed by atoms with Gasteiger partial charge in [-0.15, -0.1) is 0 Å². The SMILES string of the molecule is CCS(=O)(=O)N(CC(=O)N(Cc1c(Cl)cccc1Cl)[C@@H](Cc1ccccc1)C(=O)NC1CCCCC1)c1ccc2c(c1)OCCO2. The van der Waals surface area contributed by atoms with Gasteiger partial charge in [0.15, 0.2) is 11.5 Å². The molecule has 0 spiro atoms. The summed E-state index contributed by atoms with van der Waals surface area (Å²) in [6, 6.07) is 18.3. The van der Waals surface area contributed by atoms with Crippen LogP contribution in [-0.4, -0.2) is 62.7 Å². The van der Waals surface area contributed by atoms with E-state index in [4.69, 9.17) is 32.7 Å². The highest BCUT2D eigenvalue weighted by Crippen LogP contribution is 2.35. The number of fused-ring (bicyclic) bond motifs is 1. The first-order valence-electron chi connectivity index (χ1n) is 15.6. The standard InChI is InChI=1S/C34H39Cl2N3O6S/c1-2-46(42,43)39(26-16-17-31-32(21-26)45-19-18-44-31)23-33(40)38(22-27-28(35)14-9-15-29(27)36)30(20-24-10-5-3-6-11-24)34(41)37-25-12-7-4-8-13-25/h3,5-6,9-11,14-17,21,25,30H,2,4,7-8,12-13,18-20,22-23H2,1H3,(H,37,41)/t30-/m0/s1. The lowest BCUT2D eigenvalue weighted by Gasteiger charge is -2.35. The van der Waals surface area contributed by atoms with E-state index in [1.165, 1.54) is 11.8 Å². The molecule has 0 aromatic heterocycles. The van der Waals surface area contributed by atoms with Crippen molar-refractivity contribution >= 4 is 50.7 Å². The van der Waals surface area contributed by atoms with Crippen molar-refractivity contribution in [2.75, 3.05) is 29.8 Å². The summed E-state index contributed by atoms with van der Waals surface area (Å²) in [5.41, 5.74) is 1.56. The molecule has 0 unspecified atom stereocenters. The number of hydrogen-bond acceptors (Lipinski definition) is 6. The Morgan fingerprint density at radius 2 is 1.59 bits per heavy atom. The summed E-state index contributed by atoms with van der Waals surface area (Å²) in [4.78, 5) is 30.1. The van der Waals surface area contributed by atoms with E-state index in [1.54, 1.807) is 36.4 Å². The molecule has 1 fully saturated rings. The van der Waals surface area contributed by atoms with Crippen LogP contribution in [0.1, 0.15) is 50.2 Å². The number of anilines is 1. The zero-order chi connectivity index (χ0) is 32.7. The highest BCUT2D eigenvalue weighted by molar-refractivity contribution is 7.92. The number of nitrogens with zero attached hydrogens (tertiary/aromatic N) is 2. The van der Waals surface area contributed by atoms with E-state index in [2.05, 4.69) is 5.32 Å². The third-order valence-corrected chi connectivity index (χ3v) is 10.9. The molecule has 9 nitrogen and oxygen atoms in total. The van der Waals surface area contributed by atoms with Gasteiger partial charge in [0.1, 0.15) is 25.8 Å². The van der Waals surface area contributed by atoms with E-state index in [0.29, 0.717) is 40.3 Å². The third kappa shape index (κ3) is 8.27. The van der Waals surface area contributed by atoms with E-state index < -0.39 is 28.5 Å². The Morgan fingerprint density at radius 3 is 2.26 bits per heavy atom. The van der Waals surface area contributed by atoms with Crippen LogP contribution in [0.4, 0.5) is 5.69 Å². The van der Waals surface area contributed by atoms with Gasteiger partial charge in [-0.25, -0.2) is 8.42 Å². The number of carbonyl (C=O) groups excluding carboxylic acids is 2. The second kappa shape index (κ2) is 15.4. The number of rotatable bonds is 12. The molecule has 1 aliphatic heterocycles. The molecule has 12 heteroatoms. The molecule has 0 saturated heterocycles. The lowest BCUT2D eigenvalue weighted by molar-refractivity contribution is -0.140. The number of hydrogen-bond donors (Lipinski definition) is 1. The summed E-state index contributed by atoms with van der Waals surface area (Å²) in [5.74, 6) is -0.256. The summed E-state index contributed by atoms with van der Waals surface area (Å²) in [6.45, 7) is 1.56. The first-order chi connectivity index (χ1) is 22.2. The molecule has 1 heterocycles. The van der Waals surface area contributed by atoms with Gasteiger partial charge in [0.05, 0.1) is 11.4 Å². The number of halogens is 2. The van der Waals surface area contributed by atoms with E-state index in [1.807, 2.05) is 30.3 Å². The van der Waals surface area contributed by atoms with E-state index >= 15 is 0 Å². The van der Waals surface area contributed by atoms with Gasteiger partial charge in [0, 0.05) is 40.7 Å². The van der Waals surface area contributed by atoms with Gasteiger partial charge in [0.2, 0.25) is 21.8 Å². The average Bonchev–Trinajstić information content (AvgIpc) is 3.07. The van der Waals surface area contributed by atoms with E-state index in [9.17, 15) is 18.0 Å². The lowest BCUT2D eigenvalue weighted by Crippen LogP contribution is -2.55. The predicted octanol–water partition coefficient (Wildman–Crippen LogP) is 6.01. The maximum Gasteiger partial charge on any atom is 0.244 e. The summed E-state index contributed by atoms with van der Waals surface area (Å²) in [6.07, 6.45) is 5.09. The van der Waals surface area contributed by atoms with Gasteiger partial charge in [0.25, 0.3) is 0 Å². The fourth-order valence-electron chi connectivity index (χ4n) is 5.86. The van der Waals surface area contributed by atoms with Crippen LogP contribution < -0.4 is 19.1 Å². The normalized spacial score (nSPS) is 15.5. The molecular formula is C34H39Cl2N3O6S. The zero-order valence-electron chi connectivity index (χ0n) is 25.8. The number of benzene rings is 3. The molecule has 1 saturated carbocycles. The fourth-order valence-corrected chi connectivity index (χ4v) is 7.43. The van der Waals surface area contributed by atoms with Crippen LogP contribution in [0.2, 0.25) is 10.0 Å². The van der Waals surface area contributed by atoms with Gasteiger partial charge in [-0.05, 0) is 49.6 Å². The zero-order valence-corrected chi connectivity index (χ0v) is 28.1. The Balaban J connectivity index is 1.55. The van der Waals surface area contributed by atoms with Crippen molar-refractivity contribution in [3.63, 3.8) is 0 Å². The average molecular weight is 689 g/mol. The maximum atomic E-state index is 14.5. The van der Waals surface area contributed by atoms with Crippen molar-refractivity contribution in [2.24, 2.45) is 0 Å². The van der Waals surface area contributed by atoms with Crippen LogP contribution in [0.15, 0.2) is 66.7 Å². The topological polar surface area (TPSA) is 105 Å². The summed E-state index contributed by atoms with van der Waals surface area (Å²) >= 11 is 13.2. The van der Waals surface area contributed by atoms with Gasteiger partial charge in [-0.1, -0.05) is 78.9 Å². The lowest BCUT2D eigenvalue weighted by atomic mass is 9.94. The van der Waals surface area contributed by atoms with Gasteiger partial charge < -0.3 is 19.7 Å². The molecule has 246 valence electrons. The molecule has 2 amide bonds. The molecule has 46 heavy (non-hydrogen) atoms. The highest BCUT2D eigenvalue weighted by atomic mass is 35.5. The molecule has 5 rings (SSSR count). The number of ether oxygens (including phenoxy) is 2. The number of nitrogens with one attached hydrogen (secondary N) is 1. The van der Waals surface area contributed by atoms with Crippen LogP contribution in [0.5, 0.6) is 11.5 Å². The molecule has 3 aromatic rings. The van der Waals surface area contributed by atoms with Crippen LogP contribution in [0, 0.1) is 0 Å². The largest absolute Gasteiger partial charge is 0.486 e. The maximum absolute atomic E-state index is 14.5. The monoisotopic (exact) mass is 687 g/mol. The first kappa shape index (κ1) is 33.9. The van der Waals surface area contributed by atoms with Crippen molar-refractivity contribution < 1.29 is 27.5 Å². The minimum absolute atomic E-state index is 0.00458. The highest BCUT2D eigenvalue weighted by Gasteiger charge is 2.35. The molecule has 0 radical (unpaired) electrons. The van der Waals surface area contributed by atoms with Crippen LogP contribution in [0.25, 0.3) is 0 Å². The predicted molar refractivity (Wildman–Crippen MR) is 180 cm³/mol. The fraction of sp³-hybridized carbons (Fsp3) is 0.412. The Morgan fingerprint density at radius 1 is 0.913 bits per heavy atom. The van der Waals surface area contributed by atoms with Crippen LogP contribution in [0.3, 0.4) is 0 Å². The number of amides is 2. The number of sulfonamides is 1. The first-order valence-corrected chi connectivity index (χ1v) is 18.0. The smallest absolute Gasteiger partial charge is 0.244 e. The Labute approximate surface area is 280 Å². The Hall–Kier alpha value is -3.47. The second-order valence-electron chi connectivity index (χ2n) is 11.5. The van der Waals surface area contributed by atoms with Crippen LogP contribution >= 0.6 is 23.2 Å². The van der Waals surface area contributed by atoms with Crippen molar-refractivity contribution in [1.82, 2.24) is 10.2 Å². The Bertz CT molecular complexity index is 1610. The van der Waals surface area contributed by atoms with Crippen molar-refractivity contribution in [2.45, 2.75) is 64.1 Å². The second-order valence-corrected chi connectivity index (χ2v) is 14.5. The van der Waals surface area contributed by atoms with Gasteiger partial charge in [-0.2, -0.15) is 0 Å². The molecule has 0 bridgehead atoms. The summed E-state index contributed by atoms with van der Waals surface area (Å²) < 4.78 is 39.4. The molecule has 3 aromatic carbocycles.